The first-order valence-electron chi connectivity index (χ1n) is 9.63. The van der Waals surface area contributed by atoms with Gasteiger partial charge in [0.1, 0.15) is 13.7 Å². The Hall–Kier alpha value is -3.52. The van der Waals surface area contributed by atoms with Crippen molar-refractivity contribution in [1.29, 1.82) is 0 Å². The number of aryl methyl sites for hydroxylation is 1. The molecule has 2 aromatic carbocycles. The molecule has 0 radical (unpaired) electrons. The van der Waals surface area contributed by atoms with E-state index in [2.05, 4.69) is 20.6 Å². The average Bonchev–Trinajstić information content (AvgIpc) is 3.33. The summed E-state index contributed by atoms with van der Waals surface area (Å²) in [5.41, 5.74) is 7.18. The molecule has 0 aliphatic heterocycles. The lowest BCUT2D eigenvalue weighted by Crippen LogP contribution is -2.29. The molecule has 0 saturated carbocycles. The zero-order chi connectivity index (χ0) is 22.2. The maximum Gasteiger partial charge on any atom is 0.273 e. The monoisotopic (exact) mass is 436 g/mol. The van der Waals surface area contributed by atoms with Gasteiger partial charge < -0.3 is 15.0 Å². The molecule has 1 heterocycles. The van der Waals surface area contributed by atoms with Gasteiger partial charge in [0.25, 0.3) is 5.91 Å². The lowest BCUT2D eigenvalue weighted by Gasteiger charge is -2.13. The van der Waals surface area contributed by atoms with Crippen molar-refractivity contribution < 1.29 is 14.5 Å². The number of likely N-dealkylation sites (N-methyl/N-ethyl adjacent to an activating group) is 1. The Labute approximate surface area is 185 Å². The number of rotatable bonds is 8. The Balaban J connectivity index is 1.87. The number of nitrogens with one attached hydrogen (secondary N) is 1. The number of thiazole rings is 1. The third kappa shape index (κ3) is 5.16. The molecule has 0 bridgehead atoms. The van der Waals surface area contributed by atoms with Gasteiger partial charge in [0, 0.05) is 35.5 Å². The van der Waals surface area contributed by atoms with Gasteiger partial charge in [-0.3, -0.25) is 9.78 Å². The number of hydrogen-bond acceptors (Lipinski definition) is 7. The summed E-state index contributed by atoms with van der Waals surface area (Å²) >= 11 is 1.58. The van der Waals surface area contributed by atoms with Crippen LogP contribution in [0, 0.1) is 6.92 Å². The zero-order valence-electron chi connectivity index (χ0n) is 17.9. The van der Waals surface area contributed by atoms with Crippen LogP contribution in [0.1, 0.15) is 29.2 Å². The summed E-state index contributed by atoms with van der Waals surface area (Å²) in [5, 5.41) is 10.8. The number of carbonyl (C=O) groups is 1. The largest absolute Gasteiger partial charge is 0.398 e. The third-order valence-electron chi connectivity index (χ3n) is 4.72. The summed E-state index contributed by atoms with van der Waals surface area (Å²) in [6.45, 7) is 4.04. The zero-order valence-corrected chi connectivity index (χ0v) is 18.7. The van der Waals surface area contributed by atoms with Crippen LogP contribution >= 0.6 is 11.3 Å². The molecule has 0 atom stereocenters. The predicted molar refractivity (Wildman–Crippen MR) is 123 cm³/mol. The molecule has 7 nitrogen and oxygen atoms in total. The van der Waals surface area contributed by atoms with Crippen LogP contribution in [-0.4, -0.2) is 36.5 Å². The molecule has 0 aliphatic carbocycles. The number of amides is 1. The molecular weight excluding hydrogens is 412 g/mol. The lowest BCUT2D eigenvalue weighted by molar-refractivity contribution is -0.114. The molecule has 1 aromatic heterocycles. The highest BCUT2D eigenvalue weighted by atomic mass is 32.1. The highest BCUT2D eigenvalue weighted by Crippen LogP contribution is 2.27. The van der Waals surface area contributed by atoms with Crippen LogP contribution < -0.4 is 5.32 Å². The Kier molecular flexibility index (Phi) is 7.50. The fourth-order valence-corrected chi connectivity index (χ4v) is 3.81. The van der Waals surface area contributed by atoms with Crippen molar-refractivity contribution in [2.45, 2.75) is 20.5 Å². The summed E-state index contributed by atoms with van der Waals surface area (Å²) in [5.74, 6) is -0.341. The number of aromatic nitrogens is 1. The van der Waals surface area contributed by atoms with E-state index in [1.165, 1.54) is 7.11 Å². The minimum absolute atomic E-state index is 0.182. The third-order valence-corrected chi connectivity index (χ3v) is 5.52. The minimum Gasteiger partial charge on any atom is -0.398 e. The topological polar surface area (TPSA) is 85.2 Å². The van der Waals surface area contributed by atoms with E-state index in [4.69, 9.17) is 9.68 Å². The van der Waals surface area contributed by atoms with E-state index in [0.717, 1.165) is 32.8 Å². The number of nitrogens with zero attached hydrogens (tertiary/aromatic N) is 3. The predicted octanol–water partition coefficient (Wildman–Crippen LogP) is 4.16. The molecule has 0 unspecified atom stereocenters. The SMILES string of the molecule is CNC(=O)/C(=N/OC)c1cccc(C)c1CO/N=C(\C)c1ccccc1-c1cncs1. The maximum absolute atomic E-state index is 12.3. The molecule has 0 fully saturated rings. The van der Waals surface area contributed by atoms with Crippen LogP contribution in [0.4, 0.5) is 0 Å². The number of oxime groups is 2. The number of benzene rings is 2. The van der Waals surface area contributed by atoms with Gasteiger partial charge in [0.15, 0.2) is 5.71 Å². The number of hydrogen-bond donors (Lipinski definition) is 1. The van der Waals surface area contributed by atoms with Crippen LogP contribution in [0.3, 0.4) is 0 Å². The second-order valence-electron chi connectivity index (χ2n) is 6.66. The summed E-state index contributed by atoms with van der Waals surface area (Å²) in [6.07, 6.45) is 1.84. The van der Waals surface area contributed by atoms with Gasteiger partial charge >= 0.3 is 0 Å². The van der Waals surface area contributed by atoms with Crippen molar-refractivity contribution in [1.82, 2.24) is 10.3 Å². The fraction of sp³-hybridized carbons (Fsp3) is 0.217. The van der Waals surface area contributed by atoms with Crippen molar-refractivity contribution in [2.75, 3.05) is 14.2 Å². The van der Waals surface area contributed by atoms with Crippen LogP contribution in [0.2, 0.25) is 0 Å². The normalized spacial score (nSPS) is 11.9. The van der Waals surface area contributed by atoms with E-state index in [1.807, 2.05) is 62.5 Å². The Morgan fingerprint density at radius 2 is 1.90 bits per heavy atom. The molecule has 1 amide bonds. The average molecular weight is 437 g/mol. The van der Waals surface area contributed by atoms with Gasteiger partial charge in [-0.1, -0.05) is 52.8 Å². The fourth-order valence-electron chi connectivity index (χ4n) is 3.14. The van der Waals surface area contributed by atoms with Crippen LogP contribution in [0.5, 0.6) is 0 Å². The summed E-state index contributed by atoms with van der Waals surface area (Å²) in [7, 11) is 2.96. The van der Waals surface area contributed by atoms with Crippen molar-refractivity contribution in [3.05, 3.63) is 76.4 Å². The molecule has 31 heavy (non-hydrogen) atoms. The van der Waals surface area contributed by atoms with Gasteiger partial charge in [0.05, 0.1) is 16.1 Å². The van der Waals surface area contributed by atoms with Crippen molar-refractivity contribution >= 4 is 28.7 Å². The van der Waals surface area contributed by atoms with E-state index < -0.39 is 0 Å². The minimum atomic E-state index is -0.341. The second-order valence-corrected chi connectivity index (χ2v) is 7.55. The second kappa shape index (κ2) is 10.5. The van der Waals surface area contributed by atoms with E-state index in [-0.39, 0.29) is 18.2 Å². The molecule has 3 aromatic rings. The quantitative estimate of drug-likeness (QED) is 0.424. The maximum atomic E-state index is 12.3. The van der Waals surface area contributed by atoms with E-state index >= 15 is 0 Å². The molecular formula is C23H24N4O3S. The first kappa shape index (κ1) is 22.2. The Bertz CT molecular complexity index is 1110. The van der Waals surface area contributed by atoms with Crippen molar-refractivity contribution in [3.63, 3.8) is 0 Å². The Morgan fingerprint density at radius 1 is 1.13 bits per heavy atom. The smallest absolute Gasteiger partial charge is 0.273 e. The first-order chi connectivity index (χ1) is 15.1. The van der Waals surface area contributed by atoms with Gasteiger partial charge in [-0.25, -0.2) is 0 Å². The van der Waals surface area contributed by atoms with Gasteiger partial charge in [-0.05, 0) is 19.4 Å². The summed E-state index contributed by atoms with van der Waals surface area (Å²) in [4.78, 5) is 28.1. The first-order valence-corrected chi connectivity index (χ1v) is 10.5. The lowest BCUT2D eigenvalue weighted by atomic mass is 9.98. The standard InChI is InChI=1S/C23H24N4O3S/c1-15-8-7-11-19(22(27-29-4)23(28)24-3)20(15)13-30-26-16(2)17-9-5-6-10-18(17)21-12-25-14-31-21/h5-12,14H,13H2,1-4H3,(H,24,28)/b26-16+,27-22+. The van der Waals surface area contributed by atoms with Gasteiger partial charge in [0.2, 0.25) is 0 Å². The molecule has 3 rings (SSSR count). The molecule has 0 spiro atoms. The molecule has 0 aliphatic rings. The summed E-state index contributed by atoms with van der Waals surface area (Å²) in [6, 6.07) is 13.6. The van der Waals surface area contributed by atoms with Crippen LogP contribution in [-0.2, 0) is 21.1 Å². The molecule has 0 saturated heterocycles. The molecule has 8 heteroatoms. The highest BCUT2D eigenvalue weighted by Gasteiger charge is 2.19. The highest BCUT2D eigenvalue weighted by molar-refractivity contribution is 7.13. The summed E-state index contributed by atoms with van der Waals surface area (Å²) < 4.78 is 0. The van der Waals surface area contributed by atoms with E-state index in [0.29, 0.717) is 5.56 Å². The van der Waals surface area contributed by atoms with E-state index in [9.17, 15) is 4.79 Å². The van der Waals surface area contributed by atoms with Crippen LogP contribution in [0.15, 0.2) is 64.5 Å². The molecule has 160 valence electrons. The van der Waals surface area contributed by atoms with Crippen molar-refractivity contribution in [3.8, 4) is 10.4 Å². The van der Waals surface area contributed by atoms with Gasteiger partial charge in [-0.2, -0.15) is 0 Å². The van der Waals surface area contributed by atoms with Gasteiger partial charge in [-0.15, -0.1) is 11.3 Å². The van der Waals surface area contributed by atoms with Crippen LogP contribution in [0.25, 0.3) is 10.4 Å². The number of carbonyl (C=O) groups excluding carboxylic acids is 1. The van der Waals surface area contributed by atoms with Crippen molar-refractivity contribution in [2.24, 2.45) is 10.3 Å². The van der Waals surface area contributed by atoms with E-state index in [1.54, 1.807) is 23.9 Å². The molecule has 1 N–H and O–H groups in total. The Morgan fingerprint density at radius 3 is 2.61 bits per heavy atom.